The van der Waals surface area contributed by atoms with Gasteiger partial charge in [-0.05, 0) is 35.9 Å². The van der Waals surface area contributed by atoms with Gasteiger partial charge in [0.05, 0.1) is 21.2 Å². The molecule has 0 aliphatic carbocycles. The summed E-state index contributed by atoms with van der Waals surface area (Å²) in [6.07, 6.45) is 0. The van der Waals surface area contributed by atoms with Gasteiger partial charge in [0, 0.05) is 0 Å². The lowest BCUT2D eigenvalue weighted by Crippen LogP contribution is -2.06. The van der Waals surface area contributed by atoms with Gasteiger partial charge in [-0.15, -0.1) is 0 Å². The lowest BCUT2D eigenvalue weighted by atomic mass is 10.2. The number of aromatic carboxylic acids is 1. The van der Waals surface area contributed by atoms with Crippen LogP contribution in [0.5, 0.6) is 0 Å². The van der Waals surface area contributed by atoms with E-state index in [0.717, 1.165) is 18.2 Å². The van der Waals surface area contributed by atoms with Crippen LogP contribution in [0.25, 0.3) is 0 Å². The minimum atomic E-state index is -3.74. The Kier molecular flexibility index (Phi) is 4.29. The Morgan fingerprint density at radius 1 is 1.19 bits per heavy atom. The van der Waals surface area contributed by atoms with Crippen LogP contribution in [-0.4, -0.2) is 19.5 Å². The molecule has 0 heterocycles. The van der Waals surface area contributed by atoms with E-state index < -0.39 is 27.4 Å². The lowest BCUT2D eigenvalue weighted by Gasteiger charge is -2.07. The van der Waals surface area contributed by atoms with Gasteiger partial charge in [0.25, 0.3) is 0 Å². The van der Waals surface area contributed by atoms with Crippen LogP contribution >= 0.6 is 11.6 Å². The van der Waals surface area contributed by atoms with Gasteiger partial charge in [0.15, 0.2) is 9.84 Å². The first-order valence-corrected chi connectivity index (χ1v) is 7.83. The average Bonchev–Trinajstić information content (AvgIpc) is 2.37. The Balaban J connectivity index is 2.36. The Morgan fingerprint density at radius 3 is 2.48 bits per heavy atom. The van der Waals surface area contributed by atoms with Crippen molar-refractivity contribution in [1.82, 2.24) is 0 Å². The average molecular weight is 329 g/mol. The lowest BCUT2D eigenvalue weighted by molar-refractivity contribution is 0.0697. The SMILES string of the molecule is O=C(O)c1ccc(S(=O)(=O)Cc2cccc(F)c2)cc1Cl. The highest BCUT2D eigenvalue weighted by Crippen LogP contribution is 2.23. The van der Waals surface area contributed by atoms with Crippen LogP contribution in [0.4, 0.5) is 4.39 Å². The van der Waals surface area contributed by atoms with Gasteiger partial charge in [-0.1, -0.05) is 23.7 Å². The first-order valence-electron chi connectivity index (χ1n) is 5.79. The van der Waals surface area contributed by atoms with E-state index in [1.165, 1.54) is 24.3 Å². The van der Waals surface area contributed by atoms with E-state index in [1.54, 1.807) is 0 Å². The molecular weight excluding hydrogens is 319 g/mol. The summed E-state index contributed by atoms with van der Waals surface area (Å²) in [6.45, 7) is 0. The number of hydrogen-bond acceptors (Lipinski definition) is 3. The molecular formula is C14H10ClFO4S. The van der Waals surface area contributed by atoms with E-state index in [-0.39, 0.29) is 15.5 Å². The molecule has 0 bridgehead atoms. The highest BCUT2D eigenvalue weighted by atomic mass is 35.5. The summed E-state index contributed by atoms with van der Waals surface area (Å²) in [4.78, 5) is 10.7. The molecule has 0 unspecified atom stereocenters. The number of carboxylic acids is 1. The van der Waals surface area contributed by atoms with Crippen LogP contribution in [-0.2, 0) is 15.6 Å². The molecule has 110 valence electrons. The molecule has 2 aromatic carbocycles. The molecule has 1 N–H and O–H groups in total. The van der Waals surface area contributed by atoms with E-state index in [1.807, 2.05) is 0 Å². The second kappa shape index (κ2) is 5.83. The van der Waals surface area contributed by atoms with E-state index in [9.17, 15) is 17.6 Å². The molecule has 0 fully saturated rings. The molecule has 0 atom stereocenters. The summed E-state index contributed by atoms with van der Waals surface area (Å²) in [7, 11) is -3.74. The van der Waals surface area contributed by atoms with Gasteiger partial charge < -0.3 is 5.11 Å². The number of halogens is 2. The molecule has 0 spiro atoms. The predicted octanol–water partition coefficient (Wildman–Crippen LogP) is 3.15. The second-order valence-electron chi connectivity index (χ2n) is 4.34. The normalized spacial score (nSPS) is 11.3. The standard InChI is InChI=1S/C14H10ClFO4S/c15-13-7-11(4-5-12(13)14(17)18)21(19,20)8-9-2-1-3-10(16)6-9/h1-7H,8H2,(H,17,18). The van der Waals surface area contributed by atoms with E-state index in [0.29, 0.717) is 5.56 Å². The summed E-state index contributed by atoms with van der Waals surface area (Å²) in [6, 6.07) is 8.64. The molecule has 0 aromatic heterocycles. The summed E-state index contributed by atoms with van der Waals surface area (Å²) >= 11 is 5.75. The van der Waals surface area contributed by atoms with Crippen molar-refractivity contribution in [1.29, 1.82) is 0 Å². The molecule has 2 rings (SSSR count). The first-order chi connectivity index (χ1) is 9.79. The summed E-state index contributed by atoms with van der Waals surface area (Å²) in [5.74, 6) is -2.16. The van der Waals surface area contributed by atoms with Crippen molar-refractivity contribution in [2.45, 2.75) is 10.6 Å². The second-order valence-corrected chi connectivity index (χ2v) is 6.73. The third kappa shape index (κ3) is 3.59. The van der Waals surface area contributed by atoms with Crippen molar-refractivity contribution in [3.63, 3.8) is 0 Å². The fourth-order valence-corrected chi connectivity index (χ4v) is 3.48. The van der Waals surface area contributed by atoms with Gasteiger partial charge >= 0.3 is 5.97 Å². The number of benzene rings is 2. The van der Waals surface area contributed by atoms with Crippen LogP contribution in [0, 0.1) is 5.82 Å². The zero-order chi connectivity index (χ0) is 15.6. The quantitative estimate of drug-likeness (QED) is 0.935. The molecule has 7 heteroatoms. The molecule has 21 heavy (non-hydrogen) atoms. The van der Waals surface area contributed by atoms with Crippen LogP contribution in [0.3, 0.4) is 0 Å². The Labute approximate surface area is 125 Å². The van der Waals surface area contributed by atoms with E-state index >= 15 is 0 Å². The van der Waals surface area contributed by atoms with Crippen molar-refractivity contribution in [2.24, 2.45) is 0 Å². The highest BCUT2D eigenvalue weighted by molar-refractivity contribution is 7.90. The fraction of sp³-hybridized carbons (Fsp3) is 0.0714. The van der Waals surface area contributed by atoms with Crippen molar-refractivity contribution in [2.75, 3.05) is 0 Å². The van der Waals surface area contributed by atoms with Crippen LogP contribution in [0.15, 0.2) is 47.4 Å². The molecule has 4 nitrogen and oxygen atoms in total. The number of sulfone groups is 1. The molecule has 2 aromatic rings. The van der Waals surface area contributed by atoms with Crippen LogP contribution in [0.2, 0.25) is 5.02 Å². The minimum Gasteiger partial charge on any atom is -0.478 e. The van der Waals surface area contributed by atoms with Crippen LogP contribution < -0.4 is 0 Å². The van der Waals surface area contributed by atoms with Gasteiger partial charge in [-0.25, -0.2) is 17.6 Å². The largest absolute Gasteiger partial charge is 0.478 e. The van der Waals surface area contributed by atoms with Crippen molar-refractivity contribution in [3.8, 4) is 0 Å². The monoisotopic (exact) mass is 328 g/mol. The topological polar surface area (TPSA) is 71.4 Å². The summed E-state index contributed by atoms with van der Waals surface area (Å²) in [5.41, 5.74) is 0.120. The highest BCUT2D eigenvalue weighted by Gasteiger charge is 2.18. The maximum absolute atomic E-state index is 13.1. The van der Waals surface area contributed by atoms with Gasteiger partial charge in [0.1, 0.15) is 5.82 Å². The first kappa shape index (κ1) is 15.5. The Hall–Kier alpha value is -1.92. The Bertz CT molecular complexity index is 802. The number of rotatable bonds is 4. The van der Waals surface area contributed by atoms with Crippen molar-refractivity contribution < 1.29 is 22.7 Å². The summed E-state index contributed by atoms with van der Waals surface area (Å²) < 4.78 is 37.5. The Morgan fingerprint density at radius 2 is 1.90 bits per heavy atom. The number of hydrogen-bond donors (Lipinski definition) is 1. The third-order valence-electron chi connectivity index (χ3n) is 2.78. The maximum Gasteiger partial charge on any atom is 0.337 e. The number of carboxylic acid groups (broad SMARTS) is 1. The van der Waals surface area contributed by atoms with Crippen LogP contribution in [0.1, 0.15) is 15.9 Å². The summed E-state index contributed by atoms with van der Waals surface area (Å²) in [5, 5.41) is 8.69. The van der Waals surface area contributed by atoms with Gasteiger partial charge in [-0.2, -0.15) is 0 Å². The molecule has 0 saturated heterocycles. The smallest absolute Gasteiger partial charge is 0.337 e. The number of carbonyl (C=O) groups is 1. The zero-order valence-electron chi connectivity index (χ0n) is 10.6. The van der Waals surface area contributed by atoms with Gasteiger partial charge in [0.2, 0.25) is 0 Å². The van der Waals surface area contributed by atoms with E-state index in [4.69, 9.17) is 16.7 Å². The molecule has 0 amide bonds. The molecule has 0 aliphatic heterocycles. The van der Waals surface area contributed by atoms with Gasteiger partial charge in [-0.3, -0.25) is 0 Å². The molecule has 0 saturated carbocycles. The van der Waals surface area contributed by atoms with Crippen molar-refractivity contribution >= 4 is 27.4 Å². The van der Waals surface area contributed by atoms with E-state index in [2.05, 4.69) is 0 Å². The molecule has 0 aliphatic rings. The minimum absolute atomic E-state index is 0.109. The zero-order valence-corrected chi connectivity index (χ0v) is 12.2. The third-order valence-corrected chi connectivity index (χ3v) is 4.77. The van der Waals surface area contributed by atoms with Crippen molar-refractivity contribution in [3.05, 3.63) is 64.4 Å². The fourth-order valence-electron chi connectivity index (χ4n) is 1.79. The maximum atomic E-state index is 13.1. The predicted molar refractivity (Wildman–Crippen MR) is 75.7 cm³/mol. The molecule has 0 radical (unpaired) electrons.